The largest absolute Gasteiger partial charge is 0.508 e. The summed E-state index contributed by atoms with van der Waals surface area (Å²) in [5.41, 5.74) is 5.41. The van der Waals surface area contributed by atoms with Gasteiger partial charge in [0, 0.05) is 5.56 Å². The molecule has 27 heavy (non-hydrogen) atoms. The highest BCUT2D eigenvalue weighted by atomic mass is 16.5. The van der Waals surface area contributed by atoms with Crippen LogP contribution in [0.1, 0.15) is 27.7 Å². The Labute approximate surface area is 156 Å². The van der Waals surface area contributed by atoms with Gasteiger partial charge in [0.25, 0.3) is 0 Å². The molecule has 2 aromatic carbocycles. The number of ether oxygens (including phenoxy) is 1. The number of benzene rings is 2. The summed E-state index contributed by atoms with van der Waals surface area (Å²) in [6.07, 6.45) is 3.35. The SMILES string of the molecule is COc1ccc(C2=C[C@@H](c3ccccc3O)N(C(=O)c3ccco3)N2)cc1. The molecule has 1 aliphatic heterocycles. The molecule has 0 saturated carbocycles. The molecular weight excluding hydrogens is 344 g/mol. The van der Waals surface area contributed by atoms with Gasteiger partial charge in [-0.2, -0.15) is 0 Å². The monoisotopic (exact) mass is 362 g/mol. The summed E-state index contributed by atoms with van der Waals surface area (Å²) in [4.78, 5) is 12.9. The predicted octanol–water partition coefficient (Wildman–Crippen LogP) is 3.74. The zero-order valence-electron chi connectivity index (χ0n) is 14.6. The number of hydrogen-bond donors (Lipinski definition) is 2. The van der Waals surface area contributed by atoms with Crippen LogP contribution in [0.2, 0.25) is 0 Å². The van der Waals surface area contributed by atoms with Gasteiger partial charge >= 0.3 is 5.91 Å². The van der Waals surface area contributed by atoms with E-state index in [0.29, 0.717) is 5.56 Å². The van der Waals surface area contributed by atoms with E-state index in [9.17, 15) is 9.90 Å². The molecular formula is C21H18N2O4. The predicted molar refractivity (Wildman–Crippen MR) is 99.8 cm³/mol. The molecule has 0 unspecified atom stereocenters. The molecule has 0 radical (unpaired) electrons. The van der Waals surface area contributed by atoms with E-state index in [1.807, 2.05) is 36.4 Å². The number of carbonyl (C=O) groups is 1. The van der Waals surface area contributed by atoms with Gasteiger partial charge in [-0.25, -0.2) is 5.01 Å². The number of rotatable bonds is 4. The van der Waals surface area contributed by atoms with Gasteiger partial charge in [0.2, 0.25) is 0 Å². The molecule has 136 valence electrons. The molecule has 3 aromatic rings. The van der Waals surface area contributed by atoms with E-state index in [0.717, 1.165) is 17.0 Å². The Hall–Kier alpha value is -3.67. The highest BCUT2D eigenvalue weighted by molar-refractivity contribution is 5.93. The standard InChI is InChI=1S/C21H18N2O4/c1-26-15-10-8-14(9-11-15)17-13-18(16-5-2-3-6-19(16)24)23(22-17)21(25)20-7-4-12-27-20/h2-13,18,22,24H,1H3/t18-/m0/s1. The van der Waals surface area contributed by atoms with Crippen LogP contribution in [0, 0.1) is 0 Å². The Morgan fingerprint density at radius 2 is 1.89 bits per heavy atom. The third kappa shape index (κ3) is 3.13. The van der Waals surface area contributed by atoms with Gasteiger partial charge in [-0.1, -0.05) is 18.2 Å². The number of phenolic OH excluding ortho intramolecular Hbond substituents is 1. The van der Waals surface area contributed by atoms with Crippen LogP contribution in [0.3, 0.4) is 0 Å². The smallest absolute Gasteiger partial charge is 0.308 e. The lowest BCUT2D eigenvalue weighted by molar-refractivity contribution is 0.0638. The number of nitrogens with zero attached hydrogens (tertiary/aromatic N) is 1. The molecule has 0 aliphatic carbocycles. The second-order valence-electron chi connectivity index (χ2n) is 6.08. The molecule has 6 nitrogen and oxygen atoms in total. The van der Waals surface area contributed by atoms with Crippen molar-refractivity contribution in [2.24, 2.45) is 0 Å². The van der Waals surface area contributed by atoms with Crippen LogP contribution in [0.25, 0.3) is 5.70 Å². The molecule has 0 spiro atoms. The topological polar surface area (TPSA) is 74.9 Å². The summed E-state index contributed by atoms with van der Waals surface area (Å²) in [7, 11) is 1.61. The molecule has 0 saturated heterocycles. The van der Waals surface area contributed by atoms with E-state index in [1.54, 1.807) is 37.4 Å². The van der Waals surface area contributed by atoms with E-state index in [-0.39, 0.29) is 17.4 Å². The van der Waals surface area contributed by atoms with Crippen molar-refractivity contribution in [1.82, 2.24) is 10.4 Å². The molecule has 6 heteroatoms. The van der Waals surface area contributed by atoms with Gasteiger partial charge in [-0.05, 0) is 54.1 Å². The zero-order chi connectivity index (χ0) is 18.8. The van der Waals surface area contributed by atoms with Crippen molar-refractivity contribution in [3.63, 3.8) is 0 Å². The summed E-state index contributed by atoms with van der Waals surface area (Å²) >= 11 is 0. The van der Waals surface area contributed by atoms with E-state index < -0.39 is 6.04 Å². The van der Waals surface area contributed by atoms with Crippen molar-refractivity contribution in [2.45, 2.75) is 6.04 Å². The first kappa shape index (κ1) is 16.8. The maximum Gasteiger partial charge on any atom is 0.308 e. The summed E-state index contributed by atoms with van der Waals surface area (Å²) in [5.74, 6) is 0.757. The number of hydrogen-bond acceptors (Lipinski definition) is 5. The van der Waals surface area contributed by atoms with Crippen molar-refractivity contribution >= 4 is 11.6 Å². The molecule has 1 aliphatic rings. The normalized spacial score (nSPS) is 16.0. The summed E-state index contributed by atoms with van der Waals surface area (Å²) in [6.45, 7) is 0. The minimum absolute atomic E-state index is 0.119. The Morgan fingerprint density at radius 3 is 2.56 bits per heavy atom. The summed E-state index contributed by atoms with van der Waals surface area (Å²) < 4.78 is 10.5. The first-order chi connectivity index (χ1) is 13.2. The van der Waals surface area contributed by atoms with Crippen LogP contribution in [0.4, 0.5) is 0 Å². The van der Waals surface area contributed by atoms with Crippen LogP contribution >= 0.6 is 0 Å². The van der Waals surface area contributed by atoms with Gasteiger partial charge in [0.15, 0.2) is 5.76 Å². The summed E-state index contributed by atoms with van der Waals surface area (Å²) in [6, 6.07) is 17.3. The number of phenols is 1. The Balaban J connectivity index is 1.73. The molecule has 0 fully saturated rings. The lowest BCUT2D eigenvalue weighted by Gasteiger charge is -2.25. The van der Waals surface area contributed by atoms with Crippen LogP contribution < -0.4 is 10.2 Å². The fourth-order valence-electron chi connectivity index (χ4n) is 3.06. The number of nitrogens with one attached hydrogen (secondary N) is 1. The van der Waals surface area contributed by atoms with E-state index in [2.05, 4.69) is 5.43 Å². The lowest BCUT2D eigenvalue weighted by atomic mass is 10.0. The van der Waals surface area contributed by atoms with Crippen molar-refractivity contribution in [1.29, 1.82) is 0 Å². The fraction of sp³-hybridized carbons (Fsp3) is 0.0952. The van der Waals surface area contributed by atoms with Crippen molar-refractivity contribution in [2.75, 3.05) is 7.11 Å². The zero-order valence-corrected chi connectivity index (χ0v) is 14.6. The number of furan rings is 1. The minimum atomic E-state index is -0.485. The number of para-hydroxylation sites is 1. The first-order valence-corrected chi connectivity index (χ1v) is 8.45. The van der Waals surface area contributed by atoms with Gasteiger partial charge in [0.05, 0.1) is 19.1 Å². The molecule has 2 heterocycles. The third-order valence-corrected chi connectivity index (χ3v) is 4.45. The molecule has 1 atom stereocenters. The van der Waals surface area contributed by atoms with E-state index >= 15 is 0 Å². The Kier molecular flexibility index (Phi) is 4.30. The van der Waals surface area contributed by atoms with Gasteiger partial charge in [-0.15, -0.1) is 0 Å². The minimum Gasteiger partial charge on any atom is -0.508 e. The Morgan fingerprint density at radius 1 is 1.11 bits per heavy atom. The second kappa shape index (κ2) is 6.92. The maximum atomic E-state index is 12.9. The van der Waals surface area contributed by atoms with Crippen LogP contribution in [-0.4, -0.2) is 23.1 Å². The van der Waals surface area contributed by atoms with Gasteiger partial charge < -0.3 is 14.3 Å². The molecule has 2 N–H and O–H groups in total. The lowest BCUT2D eigenvalue weighted by Crippen LogP contribution is -2.39. The molecule has 0 bridgehead atoms. The number of aromatic hydroxyl groups is 1. The number of amides is 1. The maximum absolute atomic E-state index is 12.9. The quantitative estimate of drug-likeness (QED) is 0.740. The van der Waals surface area contributed by atoms with E-state index in [4.69, 9.17) is 9.15 Å². The average Bonchev–Trinajstić information content (AvgIpc) is 3.38. The number of methoxy groups -OCH3 is 1. The first-order valence-electron chi connectivity index (χ1n) is 8.45. The van der Waals surface area contributed by atoms with Gasteiger partial charge in [-0.3, -0.25) is 10.2 Å². The van der Waals surface area contributed by atoms with Crippen molar-refractivity contribution < 1.29 is 19.1 Å². The molecule has 4 rings (SSSR count). The van der Waals surface area contributed by atoms with E-state index in [1.165, 1.54) is 11.3 Å². The fourth-order valence-corrected chi connectivity index (χ4v) is 3.06. The summed E-state index contributed by atoms with van der Waals surface area (Å²) in [5, 5.41) is 11.7. The Bertz CT molecular complexity index is 978. The van der Waals surface area contributed by atoms with Crippen molar-refractivity contribution in [3.8, 4) is 11.5 Å². The van der Waals surface area contributed by atoms with Crippen LogP contribution in [-0.2, 0) is 0 Å². The van der Waals surface area contributed by atoms with Gasteiger partial charge in [0.1, 0.15) is 17.5 Å². The van der Waals surface area contributed by atoms with Crippen LogP contribution in [0.5, 0.6) is 11.5 Å². The second-order valence-corrected chi connectivity index (χ2v) is 6.08. The molecule has 1 aromatic heterocycles. The third-order valence-electron chi connectivity index (χ3n) is 4.45. The highest BCUT2D eigenvalue weighted by Crippen LogP contribution is 2.36. The van der Waals surface area contributed by atoms with Crippen molar-refractivity contribution in [3.05, 3.63) is 89.9 Å². The average molecular weight is 362 g/mol. The van der Waals surface area contributed by atoms with Crippen LogP contribution in [0.15, 0.2) is 77.4 Å². The highest BCUT2D eigenvalue weighted by Gasteiger charge is 2.33. The number of carbonyl (C=O) groups excluding carboxylic acids is 1. The molecule has 1 amide bonds. The number of hydrazine groups is 1.